The van der Waals surface area contributed by atoms with Gasteiger partial charge in [-0.1, -0.05) is 42.0 Å². The highest BCUT2D eigenvalue weighted by atomic mass is 16.5. The Labute approximate surface area is 161 Å². The van der Waals surface area contributed by atoms with Crippen LogP contribution in [0, 0.1) is 6.92 Å². The second-order valence-corrected chi connectivity index (χ2v) is 7.33. The van der Waals surface area contributed by atoms with Gasteiger partial charge in [-0.05, 0) is 25.0 Å². The standard InChI is InChI=1S/C22H30N2O3/c1-17-6-8-18(9-7-17)14-24-12-11-23(16-20(24)10-13-25)15-19-4-3-5-21(27-2)22(19)26/h3-9,20,25-26H,10-16H2,1-2H3. The van der Waals surface area contributed by atoms with Gasteiger partial charge in [-0.25, -0.2) is 0 Å². The summed E-state index contributed by atoms with van der Waals surface area (Å²) in [5.41, 5.74) is 3.46. The summed E-state index contributed by atoms with van der Waals surface area (Å²) in [4.78, 5) is 4.81. The Morgan fingerprint density at radius 2 is 1.85 bits per heavy atom. The maximum atomic E-state index is 10.4. The average Bonchev–Trinajstić information content (AvgIpc) is 2.67. The first-order valence-electron chi connectivity index (χ1n) is 9.58. The Morgan fingerprint density at radius 3 is 2.56 bits per heavy atom. The van der Waals surface area contributed by atoms with Crippen molar-refractivity contribution in [3.8, 4) is 11.5 Å². The summed E-state index contributed by atoms with van der Waals surface area (Å²) in [7, 11) is 1.57. The summed E-state index contributed by atoms with van der Waals surface area (Å²) in [5.74, 6) is 0.734. The van der Waals surface area contributed by atoms with Gasteiger partial charge in [0.2, 0.25) is 0 Å². The van der Waals surface area contributed by atoms with Crippen LogP contribution in [0.15, 0.2) is 42.5 Å². The Hall–Kier alpha value is -2.08. The van der Waals surface area contributed by atoms with Crippen LogP contribution >= 0.6 is 0 Å². The zero-order chi connectivity index (χ0) is 19.2. The molecule has 27 heavy (non-hydrogen) atoms. The number of piperazine rings is 1. The van der Waals surface area contributed by atoms with E-state index >= 15 is 0 Å². The second-order valence-electron chi connectivity index (χ2n) is 7.33. The van der Waals surface area contributed by atoms with Crippen LogP contribution in [0.3, 0.4) is 0 Å². The van der Waals surface area contributed by atoms with Crippen molar-refractivity contribution in [3.05, 3.63) is 59.2 Å². The molecule has 2 aromatic rings. The molecule has 0 bridgehead atoms. The van der Waals surface area contributed by atoms with Gasteiger partial charge in [0.05, 0.1) is 7.11 Å². The molecule has 1 saturated heterocycles. The normalized spacial score (nSPS) is 18.6. The summed E-state index contributed by atoms with van der Waals surface area (Å²) < 4.78 is 5.22. The smallest absolute Gasteiger partial charge is 0.162 e. The largest absolute Gasteiger partial charge is 0.504 e. The third-order valence-electron chi connectivity index (χ3n) is 5.35. The molecular weight excluding hydrogens is 340 g/mol. The molecule has 1 unspecified atom stereocenters. The Kier molecular flexibility index (Phi) is 6.72. The Balaban J connectivity index is 1.65. The SMILES string of the molecule is COc1cccc(CN2CCN(Cc3ccc(C)cc3)C(CCO)C2)c1O. The summed E-state index contributed by atoms with van der Waals surface area (Å²) in [5, 5.41) is 19.9. The number of phenolic OH excluding ortho intramolecular Hbond substituents is 1. The van der Waals surface area contributed by atoms with Gasteiger partial charge in [0, 0.05) is 50.9 Å². The molecule has 1 fully saturated rings. The lowest BCUT2D eigenvalue weighted by Crippen LogP contribution is -2.52. The van der Waals surface area contributed by atoms with E-state index in [0.717, 1.165) is 38.2 Å². The predicted octanol–water partition coefficient (Wildman–Crippen LogP) is 2.78. The number of hydrogen-bond acceptors (Lipinski definition) is 5. The number of ether oxygens (including phenoxy) is 1. The zero-order valence-electron chi connectivity index (χ0n) is 16.3. The van der Waals surface area contributed by atoms with Crippen molar-refractivity contribution in [2.45, 2.75) is 32.5 Å². The van der Waals surface area contributed by atoms with E-state index in [1.807, 2.05) is 12.1 Å². The van der Waals surface area contributed by atoms with Crippen molar-refractivity contribution in [1.29, 1.82) is 0 Å². The molecule has 1 atom stereocenters. The van der Waals surface area contributed by atoms with Gasteiger partial charge in [0.15, 0.2) is 11.5 Å². The zero-order valence-corrected chi connectivity index (χ0v) is 16.3. The minimum Gasteiger partial charge on any atom is -0.504 e. The third-order valence-corrected chi connectivity index (χ3v) is 5.35. The first-order chi connectivity index (χ1) is 13.1. The van der Waals surface area contributed by atoms with E-state index in [2.05, 4.69) is 41.0 Å². The van der Waals surface area contributed by atoms with E-state index < -0.39 is 0 Å². The van der Waals surface area contributed by atoms with Crippen LogP contribution in [0.4, 0.5) is 0 Å². The van der Waals surface area contributed by atoms with Crippen molar-refractivity contribution in [3.63, 3.8) is 0 Å². The number of aryl methyl sites for hydroxylation is 1. The lowest BCUT2D eigenvalue weighted by molar-refractivity contribution is 0.0496. The van der Waals surface area contributed by atoms with Crippen molar-refractivity contribution in [2.75, 3.05) is 33.4 Å². The van der Waals surface area contributed by atoms with E-state index in [1.165, 1.54) is 11.1 Å². The molecule has 0 aliphatic carbocycles. The minimum absolute atomic E-state index is 0.188. The van der Waals surface area contributed by atoms with Crippen LogP contribution in [0.2, 0.25) is 0 Å². The van der Waals surface area contributed by atoms with Crippen LogP contribution in [0.5, 0.6) is 11.5 Å². The van der Waals surface area contributed by atoms with Gasteiger partial charge in [0.1, 0.15) is 0 Å². The average molecular weight is 370 g/mol. The number of methoxy groups -OCH3 is 1. The quantitative estimate of drug-likeness (QED) is 0.785. The molecule has 3 rings (SSSR count). The number of benzene rings is 2. The first kappa shape index (κ1) is 19.7. The molecule has 1 heterocycles. The van der Waals surface area contributed by atoms with Crippen molar-refractivity contribution < 1.29 is 14.9 Å². The first-order valence-corrected chi connectivity index (χ1v) is 9.58. The third kappa shape index (κ3) is 5.01. The van der Waals surface area contributed by atoms with E-state index in [9.17, 15) is 10.2 Å². The number of phenols is 1. The Morgan fingerprint density at radius 1 is 1.07 bits per heavy atom. The maximum Gasteiger partial charge on any atom is 0.162 e. The molecule has 0 aromatic heterocycles. The molecule has 5 heteroatoms. The van der Waals surface area contributed by atoms with Crippen molar-refractivity contribution >= 4 is 0 Å². The molecular formula is C22H30N2O3. The van der Waals surface area contributed by atoms with Gasteiger partial charge in [-0.2, -0.15) is 0 Å². The van der Waals surface area contributed by atoms with Gasteiger partial charge in [0.25, 0.3) is 0 Å². The maximum absolute atomic E-state index is 10.4. The lowest BCUT2D eigenvalue weighted by Gasteiger charge is -2.41. The summed E-state index contributed by atoms with van der Waals surface area (Å²) in [6.07, 6.45) is 0.756. The second kappa shape index (κ2) is 9.22. The highest BCUT2D eigenvalue weighted by molar-refractivity contribution is 5.45. The topological polar surface area (TPSA) is 56.2 Å². The molecule has 0 saturated carbocycles. The van der Waals surface area contributed by atoms with Crippen molar-refractivity contribution in [1.82, 2.24) is 9.80 Å². The number of hydrogen-bond donors (Lipinski definition) is 2. The molecule has 2 N–H and O–H groups in total. The van der Waals surface area contributed by atoms with E-state index in [1.54, 1.807) is 13.2 Å². The predicted molar refractivity (Wildman–Crippen MR) is 107 cm³/mol. The fourth-order valence-corrected chi connectivity index (χ4v) is 3.76. The summed E-state index contributed by atoms with van der Waals surface area (Å²) in [6.45, 7) is 6.64. The van der Waals surface area contributed by atoms with Crippen LogP contribution in [0.25, 0.3) is 0 Å². The lowest BCUT2D eigenvalue weighted by atomic mass is 10.0. The van der Waals surface area contributed by atoms with Crippen LogP contribution in [-0.2, 0) is 13.1 Å². The molecule has 2 aromatic carbocycles. The van der Waals surface area contributed by atoms with Gasteiger partial charge >= 0.3 is 0 Å². The summed E-state index contributed by atoms with van der Waals surface area (Å²) >= 11 is 0. The molecule has 1 aliphatic heterocycles. The monoisotopic (exact) mass is 370 g/mol. The Bertz CT molecular complexity index is 733. The number of aliphatic hydroxyl groups excluding tert-OH is 1. The van der Waals surface area contributed by atoms with Crippen molar-refractivity contribution in [2.24, 2.45) is 0 Å². The fourth-order valence-electron chi connectivity index (χ4n) is 3.76. The summed E-state index contributed by atoms with van der Waals surface area (Å²) in [6, 6.07) is 14.6. The van der Waals surface area contributed by atoms with Gasteiger partial charge in [-0.3, -0.25) is 9.80 Å². The fraction of sp³-hybridized carbons (Fsp3) is 0.455. The highest BCUT2D eigenvalue weighted by Crippen LogP contribution is 2.31. The molecule has 5 nitrogen and oxygen atoms in total. The minimum atomic E-state index is 0.188. The number of aliphatic hydroxyl groups is 1. The highest BCUT2D eigenvalue weighted by Gasteiger charge is 2.27. The van der Waals surface area contributed by atoms with E-state index in [0.29, 0.717) is 18.3 Å². The van der Waals surface area contributed by atoms with E-state index in [-0.39, 0.29) is 12.4 Å². The van der Waals surface area contributed by atoms with Gasteiger partial charge < -0.3 is 14.9 Å². The van der Waals surface area contributed by atoms with Crippen LogP contribution in [0.1, 0.15) is 23.1 Å². The molecule has 0 radical (unpaired) electrons. The number of para-hydroxylation sites is 1. The number of rotatable bonds is 7. The number of nitrogens with zero attached hydrogens (tertiary/aromatic N) is 2. The molecule has 0 spiro atoms. The number of aromatic hydroxyl groups is 1. The van der Waals surface area contributed by atoms with E-state index in [4.69, 9.17) is 4.74 Å². The van der Waals surface area contributed by atoms with Crippen LogP contribution in [-0.4, -0.2) is 59.4 Å². The van der Waals surface area contributed by atoms with Gasteiger partial charge in [-0.15, -0.1) is 0 Å². The molecule has 0 amide bonds. The van der Waals surface area contributed by atoms with Crippen LogP contribution < -0.4 is 4.74 Å². The molecule has 146 valence electrons. The molecule has 1 aliphatic rings.